The van der Waals surface area contributed by atoms with E-state index in [0.29, 0.717) is 22.3 Å². The molecule has 1 saturated heterocycles. The van der Waals surface area contributed by atoms with Crippen molar-refractivity contribution in [3.8, 4) is 0 Å². The molecule has 2 amide bonds. The van der Waals surface area contributed by atoms with Gasteiger partial charge in [-0.15, -0.1) is 0 Å². The number of sulfonamides is 1. The molecule has 1 N–H and O–H groups in total. The standard InChI is InChI=1S/C19H17BrN2O5S/c1-12(23)13-6-8-14(9-7-13)28(26,27)21-18(24)15-10-11-22(19(15)25)17-5-3-2-4-16(17)20/h2-9,15H,10-11H2,1H3,(H,21,24). The van der Waals surface area contributed by atoms with Crippen LogP contribution in [0.25, 0.3) is 0 Å². The van der Waals surface area contributed by atoms with E-state index in [-0.39, 0.29) is 17.1 Å². The fourth-order valence-electron chi connectivity index (χ4n) is 2.96. The maximum atomic E-state index is 12.7. The van der Waals surface area contributed by atoms with Crippen LogP contribution in [0.3, 0.4) is 0 Å². The van der Waals surface area contributed by atoms with Crippen molar-refractivity contribution in [3.63, 3.8) is 0 Å². The predicted molar refractivity (Wildman–Crippen MR) is 106 cm³/mol. The van der Waals surface area contributed by atoms with E-state index in [2.05, 4.69) is 15.9 Å². The van der Waals surface area contributed by atoms with E-state index in [1.54, 1.807) is 18.2 Å². The largest absolute Gasteiger partial charge is 0.311 e. The minimum Gasteiger partial charge on any atom is -0.311 e. The van der Waals surface area contributed by atoms with Crippen molar-refractivity contribution in [2.24, 2.45) is 5.92 Å². The van der Waals surface area contributed by atoms with E-state index in [9.17, 15) is 22.8 Å². The third kappa shape index (κ3) is 4.00. The second-order valence-corrected chi connectivity index (χ2v) is 8.87. The highest BCUT2D eigenvalue weighted by Crippen LogP contribution is 2.31. The van der Waals surface area contributed by atoms with E-state index in [0.717, 1.165) is 0 Å². The molecule has 146 valence electrons. The van der Waals surface area contributed by atoms with Crippen LogP contribution in [0.4, 0.5) is 5.69 Å². The number of benzene rings is 2. The first-order chi connectivity index (χ1) is 13.2. The normalized spacial score (nSPS) is 16.9. The average molecular weight is 465 g/mol. The van der Waals surface area contributed by atoms with Gasteiger partial charge in [-0.2, -0.15) is 0 Å². The Morgan fingerprint density at radius 3 is 2.36 bits per heavy atom. The van der Waals surface area contributed by atoms with Gasteiger partial charge in [-0.3, -0.25) is 14.4 Å². The number of nitrogens with zero attached hydrogens (tertiary/aromatic N) is 1. The summed E-state index contributed by atoms with van der Waals surface area (Å²) in [4.78, 5) is 37.7. The van der Waals surface area contributed by atoms with Gasteiger partial charge in [0.15, 0.2) is 5.78 Å². The van der Waals surface area contributed by atoms with Gasteiger partial charge < -0.3 is 4.90 Å². The summed E-state index contributed by atoms with van der Waals surface area (Å²) in [5.41, 5.74) is 0.991. The first kappa shape index (κ1) is 20.2. The highest BCUT2D eigenvalue weighted by atomic mass is 79.9. The van der Waals surface area contributed by atoms with Crippen LogP contribution in [-0.2, 0) is 19.6 Å². The average Bonchev–Trinajstić information content (AvgIpc) is 3.03. The number of ketones is 1. The Morgan fingerprint density at radius 2 is 1.75 bits per heavy atom. The van der Waals surface area contributed by atoms with Crippen LogP contribution < -0.4 is 9.62 Å². The zero-order valence-electron chi connectivity index (χ0n) is 14.9. The summed E-state index contributed by atoms with van der Waals surface area (Å²) in [6, 6.07) is 12.3. The fraction of sp³-hybridized carbons (Fsp3) is 0.211. The van der Waals surface area contributed by atoms with Crippen LogP contribution in [0.2, 0.25) is 0 Å². The smallest absolute Gasteiger partial charge is 0.264 e. The summed E-state index contributed by atoms with van der Waals surface area (Å²) < 4.78 is 27.6. The molecule has 1 fully saturated rings. The number of rotatable bonds is 5. The van der Waals surface area contributed by atoms with Crippen LogP contribution in [0.15, 0.2) is 57.9 Å². The second-order valence-electron chi connectivity index (χ2n) is 6.33. The van der Waals surface area contributed by atoms with Gasteiger partial charge in [0.25, 0.3) is 10.0 Å². The van der Waals surface area contributed by atoms with E-state index >= 15 is 0 Å². The Kier molecular flexibility index (Phi) is 5.66. The number of amides is 2. The number of hydrogen-bond donors (Lipinski definition) is 1. The number of carbonyl (C=O) groups excluding carboxylic acids is 3. The molecular weight excluding hydrogens is 448 g/mol. The lowest BCUT2D eigenvalue weighted by atomic mass is 10.1. The number of halogens is 1. The summed E-state index contributed by atoms with van der Waals surface area (Å²) in [7, 11) is -4.14. The molecule has 0 spiro atoms. The van der Waals surface area contributed by atoms with E-state index < -0.39 is 27.8 Å². The van der Waals surface area contributed by atoms with E-state index in [4.69, 9.17) is 0 Å². The number of para-hydroxylation sites is 1. The lowest BCUT2D eigenvalue weighted by molar-refractivity contribution is -0.130. The predicted octanol–water partition coefficient (Wildman–Crippen LogP) is 2.51. The Labute approximate surface area is 170 Å². The maximum Gasteiger partial charge on any atom is 0.264 e. The fourth-order valence-corrected chi connectivity index (χ4v) is 4.48. The molecule has 9 heteroatoms. The number of anilines is 1. The Morgan fingerprint density at radius 1 is 1.11 bits per heavy atom. The minimum absolute atomic E-state index is 0.154. The Bertz CT molecular complexity index is 1050. The molecule has 3 rings (SSSR count). The first-order valence-electron chi connectivity index (χ1n) is 8.44. The molecule has 0 bridgehead atoms. The number of nitrogens with one attached hydrogen (secondary N) is 1. The lowest BCUT2D eigenvalue weighted by Crippen LogP contribution is -2.39. The summed E-state index contributed by atoms with van der Waals surface area (Å²) >= 11 is 3.37. The zero-order chi connectivity index (χ0) is 20.5. The van der Waals surface area contributed by atoms with Crippen LogP contribution in [0.1, 0.15) is 23.7 Å². The van der Waals surface area contributed by atoms with E-state index in [1.165, 1.54) is 36.1 Å². The van der Waals surface area contributed by atoms with Crippen LogP contribution in [-0.4, -0.2) is 32.6 Å². The van der Waals surface area contributed by atoms with Gasteiger partial charge in [0.1, 0.15) is 5.92 Å². The highest BCUT2D eigenvalue weighted by Gasteiger charge is 2.39. The molecular formula is C19H17BrN2O5S. The molecule has 2 aromatic carbocycles. The van der Waals surface area contributed by atoms with E-state index in [1.807, 2.05) is 10.8 Å². The number of Topliss-reactive ketones (excluding diaryl/α,β-unsaturated/α-hetero) is 1. The topological polar surface area (TPSA) is 101 Å². The molecule has 2 aromatic rings. The van der Waals surface area contributed by atoms with Crippen molar-refractivity contribution in [1.82, 2.24) is 4.72 Å². The van der Waals surface area contributed by atoms with Crippen molar-refractivity contribution in [1.29, 1.82) is 0 Å². The molecule has 0 radical (unpaired) electrons. The quantitative estimate of drug-likeness (QED) is 0.540. The highest BCUT2D eigenvalue weighted by molar-refractivity contribution is 9.10. The monoisotopic (exact) mass is 464 g/mol. The van der Waals surface area contributed by atoms with Crippen LogP contribution in [0, 0.1) is 5.92 Å². The molecule has 0 saturated carbocycles. The van der Waals surface area contributed by atoms with Crippen molar-refractivity contribution in [3.05, 3.63) is 58.6 Å². The van der Waals surface area contributed by atoms with Gasteiger partial charge >= 0.3 is 0 Å². The van der Waals surface area contributed by atoms with Crippen molar-refractivity contribution >= 4 is 49.2 Å². The molecule has 1 heterocycles. The Balaban J connectivity index is 1.75. The van der Waals surface area contributed by atoms with Gasteiger partial charge in [0.05, 0.1) is 10.6 Å². The summed E-state index contributed by atoms with van der Waals surface area (Å²) in [6.07, 6.45) is 0.213. The third-order valence-electron chi connectivity index (χ3n) is 4.47. The van der Waals surface area contributed by atoms with Crippen molar-refractivity contribution in [2.75, 3.05) is 11.4 Å². The maximum absolute atomic E-state index is 12.7. The molecule has 1 unspecified atom stereocenters. The van der Waals surface area contributed by atoms with Gasteiger partial charge in [0, 0.05) is 16.6 Å². The lowest BCUT2D eigenvalue weighted by Gasteiger charge is -2.18. The molecule has 1 aliphatic rings. The summed E-state index contributed by atoms with van der Waals surface area (Å²) in [5, 5.41) is 0. The number of carbonyl (C=O) groups is 3. The molecule has 0 aliphatic carbocycles. The molecule has 1 aliphatic heterocycles. The number of hydrogen-bond acceptors (Lipinski definition) is 5. The van der Waals surface area contributed by atoms with Crippen molar-refractivity contribution < 1.29 is 22.8 Å². The SMILES string of the molecule is CC(=O)c1ccc(S(=O)(=O)NC(=O)C2CCN(c3ccccc3Br)C2=O)cc1. The summed E-state index contributed by atoms with van der Waals surface area (Å²) in [6.45, 7) is 1.68. The van der Waals surface area contributed by atoms with Crippen molar-refractivity contribution in [2.45, 2.75) is 18.2 Å². The molecule has 7 nitrogen and oxygen atoms in total. The van der Waals surface area contributed by atoms with Gasteiger partial charge in [-0.25, -0.2) is 13.1 Å². The zero-order valence-corrected chi connectivity index (χ0v) is 17.3. The molecule has 28 heavy (non-hydrogen) atoms. The van der Waals surface area contributed by atoms with Crippen LogP contribution in [0.5, 0.6) is 0 Å². The van der Waals surface area contributed by atoms with Crippen LogP contribution >= 0.6 is 15.9 Å². The summed E-state index contributed by atoms with van der Waals surface area (Å²) in [5.74, 6) is -2.60. The van der Waals surface area contributed by atoms with Gasteiger partial charge in [0.2, 0.25) is 11.8 Å². The second kappa shape index (κ2) is 7.84. The van der Waals surface area contributed by atoms with Gasteiger partial charge in [-0.05, 0) is 53.5 Å². The third-order valence-corrected chi connectivity index (χ3v) is 6.50. The molecule has 1 atom stereocenters. The minimum atomic E-state index is -4.14. The molecule has 0 aromatic heterocycles. The first-order valence-corrected chi connectivity index (χ1v) is 10.7. The van der Waals surface area contributed by atoms with Gasteiger partial charge in [-0.1, -0.05) is 24.3 Å². The Hall–Kier alpha value is -2.52.